The van der Waals surface area contributed by atoms with E-state index in [4.69, 9.17) is 0 Å². The molecule has 0 saturated heterocycles. The van der Waals surface area contributed by atoms with Crippen molar-refractivity contribution in [2.24, 2.45) is 0 Å². The van der Waals surface area contributed by atoms with Gasteiger partial charge in [0.05, 0.1) is 0 Å². The number of allylic oxidation sites excluding steroid dienone is 2. The van der Waals surface area contributed by atoms with Crippen molar-refractivity contribution in [3.63, 3.8) is 0 Å². The molecule has 0 heterocycles. The molecule has 14 heteroatoms. The molecule has 0 amide bonds. The molecule has 0 fully saturated rings. The topological polar surface area (TPSA) is 0 Å². The lowest BCUT2D eigenvalue weighted by molar-refractivity contribution is -0.206. The van der Waals surface area contributed by atoms with E-state index >= 15 is 0 Å². The summed E-state index contributed by atoms with van der Waals surface area (Å²) in [5, 5.41) is 0. The van der Waals surface area contributed by atoms with Crippen molar-refractivity contribution in [2.75, 3.05) is 0 Å². The van der Waals surface area contributed by atoms with Crippen molar-refractivity contribution >= 4 is 0 Å². The lowest BCUT2D eigenvalue weighted by Gasteiger charge is -2.27. The summed E-state index contributed by atoms with van der Waals surface area (Å²) in [6, 6.07) is -1.59. The molecule has 1 aromatic carbocycles. The van der Waals surface area contributed by atoms with E-state index in [1.807, 2.05) is 0 Å². The highest BCUT2D eigenvalue weighted by atomic mass is 19.3. The number of halogens is 14. The van der Waals surface area contributed by atoms with Crippen molar-refractivity contribution in [3.8, 4) is 0 Å². The first-order valence-electron chi connectivity index (χ1n) is 6.47. The molecule has 158 valence electrons. The van der Waals surface area contributed by atoms with Gasteiger partial charge in [0.15, 0.2) is 0 Å². The molecule has 0 atom stereocenters. The van der Waals surface area contributed by atoms with Crippen LogP contribution in [0.4, 0.5) is 61.5 Å². The molecular formula is C14H4F14. The van der Waals surface area contributed by atoms with Crippen LogP contribution < -0.4 is 0 Å². The summed E-state index contributed by atoms with van der Waals surface area (Å²) in [7, 11) is 0. The van der Waals surface area contributed by atoms with Crippen LogP contribution in [0.25, 0.3) is 0 Å². The van der Waals surface area contributed by atoms with E-state index in [2.05, 4.69) is 0 Å². The molecule has 0 unspecified atom stereocenters. The van der Waals surface area contributed by atoms with Gasteiger partial charge in [-0.25, -0.2) is 0 Å². The minimum atomic E-state index is -6.15. The number of benzene rings is 1. The molecule has 0 saturated carbocycles. The fourth-order valence-corrected chi connectivity index (χ4v) is 1.76. The predicted molar refractivity (Wildman–Crippen MR) is 64.8 cm³/mol. The SMILES string of the molecule is FC(F)=C(F)C(F)(F)C(F)(F)c1ccc(C(F)(F)C(F)(F)C(F)=C(F)F)cc1. The van der Waals surface area contributed by atoms with Gasteiger partial charge in [-0.3, -0.25) is 0 Å². The lowest BCUT2D eigenvalue weighted by atomic mass is 9.96. The Morgan fingerprint density at radius 3 is 0.857 bits per heavy atom. The van der Waals surface area contributed by atoms with E-state index in [-0.39, 0.29) is 0 Å². The molecule has 28 heavy (non-hydrogen) atoms. The fourth-order valence-electron chi connectivity index (χ4n) is 1.76. The van der Waals surface area contributed by atoms with Crippen LogP contribution in [0.3, 0.4) is 0 Å². The summed E-state index contributed by atoms with van der Waals surface area (Å²) in [6.45, 7) is 0. The summed E-state index contributed by atoms with van der Waals surface area (Å²) >= 11 is 0. The second-order valence-electron chi connectivity index (χ2n) is 5.02. The van der Waals surface area contributed by atoms with Gasteiger partial charge in [-0.15, -0.1) is 0 Å². The largest absolute Gasteiger partial charge is 0.370 e. The zero-order chi connectivity index (χ0) is 22.3. The Labute approximate surface area is 145 Å². The lowest BCUT2D eigenvalue weighted by Crippen LogP contribution is -2.40. The van der Waals surface area contributed by atoms with Crippen LogP contribution in [0, 0.1) is 0 Å². The standard InChI is InChI=1S/C14H4F14/c15-7(9(17)18)13(25,26)11(21,22)5-1-2-6(4-3-5)12(23,24)14(27,28)8(16)10(19)20/h1-4H. The zero-order valence-corrected chi connectivity index (χ0v) is 12.6. The van der Waals surface area contributed by atoms with Crippen LogP contribution in [0.2, 0.25) is 0 Å². The summed E-state index contributed by atoms with van der Waals surface area (Å²) < 4.78 is 180. The van der Waals surface area contributed by atoms with Crippen molar-refractivity contribution in [1.82, 2.24) is 0 Å². The first-order chi connectivity index (χ1) is 12.4. The van der Waals surface area contributed by atoms with Crippen molar-refractivity contribution < 1.29 is 61.5 Å². The van der Waals surface area contributed by atoms with E-state index < -0.39 is 82.9 Å². The van der Waals surface area contributed by atoms with Gasteiger partial charge in [-0.05, 0) is 0 Å². The van der Waals surface area contributed by atoms with E-state index in [0.29, 0.717) is 0 Å². The molecule has 0 radical (unpaired) electrons. The smallest absolute Gasteiger partial charge is 0.199 e. The zero-order valence-electron chi connectivity index (χ0n) is 12.6. The molecule has 0 aliphatic rings. The van der Waals surface area contributed by atoms with Gasteiger partial charge < -0.3 is 0 Å². The highest BCUT2D eigenvalue weighted by molar-refractivity contribution is 5.34. The monoisotopic (exact) mass is 438 g/mol. The number of alkyl halides is 8. The average molecular weight is 438 g/mol. The Kier molecular flexibility index (Phi) is 6.17. The second-order valence-corrected chi connectivity index (χ2v) is 5.02. The van der Waals surface area contributed by atoms with Crippen LogP contribution in [0.15, 0.2) is 48.1 Å². The van der Waals surface area contributed by atoms with E-state index in [0.717, 1.165) is 0 Å². The molecule has 0 N–H and O–H groups in total. The van der Waals surface area contributed by atoms with Gasteiger partial charge in [-0.1, -0.05) is 24.3 Å². The number of hydrogen-bond donors (Lipinski definition) is 0. The van der Waals surface area contributed by atoms with Gasteiger partial charge >= 0.3 is 35.9 Å². The van der Waals surface area contributed by atoms with E-state index in [9.17, 15) is 61.5 Å². The van der Waals surface area contributed by atoms with Crippen LogP contribution in [0.1, 0.15) is 11.1 Å². The first kappa shape index (κ1) is 23.8. The third kappa shape index (κ3) is 3.68. The van der Waals surface area contributed by atoms with Crippen LogP contribution in [0.5, 0.6) is 0 Å². The maximum Gasteiger partial charge on any atom is 0.370 e. The quantitative estimate of drug-likeness (QED) is 0.409. The first-order valence-corrected chi connectivity index (χ1v) is 6.47. The van der Waals surface area contributed by atoms with Crippen molar-refractivity contribution in [1.29, 1.82) is 0 Å². The minimum absolute atomic E-state index is 0.399. The maximum atomic E-state index is 13.6. The average Bonchev–Trinajstić information content (AvgIpc) is 2.59. The molecule has 1 aromatic rings. The highest BCUT2D eigenvalue weighted by Gasteiger charge is 2.64. The number of hydrogen-bond acceptors (Lipinski definition) is 0. The van der Waals surface area contributed by atoms with Gasteiger partial charge in [0.2, 0.25) is 11.7 Å². The molecule has 0 bridgehead atoms. The third-order valence-corrected chi connectivity index (χ3v) is 3.28. The van der Waals surface area contributed by atoms with E-state index in [1.165, 1.54) is 0 Å². The number of rotatable bonds is 6. The predicted octanol–water partition coefficient (Wildman–Crippen LogP) is 7.30. The van der Waals surface area contributed by atoms with Crippen LogP contribution in [-0.4, -0.2) is 11.8 Å². The van der Waals surface area contributed by atoms with Crippen molar-refractivity contribution in [3.05, 3.63) is 59.2 Å². The van der Waals surface area contributed by atoms with Gasteiger partial charge in [0.1, 0.15) is 0 Å². The maximum absolute atomic E-state index is 13.6. The molecule has 0 spiro atoms. The molecule has 0 nitrogen and oxygen atoms in total. The Balaban J connectivity index is 3.43. The molecule has 0 aromatic heterocycles. The van der Waals surface area contributed by atoms with Gasteiger partial charge in [-0.2, -0.15) is 61.5 Å². The second kappa shape index (κ2) is 7.28. The molecular weight excluding hydrogens is 434 g/mol. The van der Waals surface area contributed by atoms with Crippen molar-refractivity contribution in [2.45, 2.75) is 23.7 Å². The Hall–Kier alpha value is -2.28. The van der Waals surface area contributed by atoms with Gasteiger partial charge in [0, 0.05) is 11.1 Å². The van der Waals surface area contributed by atoms with Crippen LogP contribution in [-0.2, 0) is 11.8 Å². The summed E-state index contributed by atoms with van der Waals surface area (Å²) in [5.74, 6) is -31.5. The highest BCUT2D eigenvalue weighted by Crippen LogP contribution is 2.51. The normalized spacial score (nSPS) is 13.4. The molecule has 0 aliphatic carbocycles. The fraction of sp³-hybridized carbons (Fsp3) is 0.286. The summed E-state index contributed by atoms with van der Waals surface area (Å²) in [6.07, 6.45) is -7.61. The summed E-state index contributed by atoms with van der Waals surface area (Å²) in [5.41, 5.74) is -4.13. The molecule has 1 rings (SSSR count). The Bertz CT molecular complexity index is 712. The minimum Gasteiger partial charge on any atom is -0.199 e. The Morgan fingerprint density at radius 2 is 0.679 bits per heavy atom. The Morgan fingerprint density at radius 1 is 0.464 bits per heavy atom. The third-order valence-electron chi connectivity index (χ3n) is 3.28. The summed E-state index contributed by atoms with van der Waals surface area (Å²) in [4.78, 5) is 0. The molecule has 0 aliphatic heterocycles. The van der Waals surface area contributed by atoms with Gasteiger partial charge in [0.25, 0.3) is 0 Å². The van der Waals surface area contributed by atoms with Crippen LogP contribution >= 0.6 is 0 Å². The van der Waals surface area contributed by atoms with E-state index in [1.54, 1.807) is 0 Å².